The molecule has 174 valence electrons. The molecule has 1 aromatic heterocycles. The molecular formula is C25H37N5O2. The number of amides is 1. The summed E-state index contributed by atoms with van der Waals surface area (Å²) in [7, 11) is 1.80. The van der Waals surface area contributed by atoms with E-state index >= 15 is 0 Å². The smallest absolute Gasteiger partial charge is 0.244 e. The third-order valence-electron chi connectivity index (χ3n) is 4.89. The van der Waals surface area contributed by atoms with Gasteiger partial charge in [0.15, 0.2) is 5.96 Å². The maximum Gasteiger partial charge on any atom is 0.244 e. The molecule has 0 radical (unpaired) electrons. The Hall–Kier alpha value is -3.09. The van der Waals surface area contributed by atoms with Gasteiger partial charge in [-0.1, -0.05) is 32.0 Å². The SMILES string of the molecule is CCNC(=NCC(=O)N(C)CCc1ccccn1)NC(C)c1ccc(OCC(C)C)cc1. The van der Waals surface area contributed by atoms with E-state index in [-0.39, 0.29) is 18.5 Å². The maximum absolute atomic E-state index is 12.5. The van der Waals surface area contributed by atoms with E-state index in [2.05, 4.69) is 41.4 Å². The van der Waals surface area contributed by atoms with Crippen LogP contribution in [0.2, 0.25) is 0 Å². The number of nitrogens with zero attached hydrogens (tertiary/aromatic N) is 3. The number of hydrogen-bond donors (Lipinski definition) is 2. The molecule has 2 rings (SSSR count). The van der Waals surface area contributed by atoms with E-state index in [0.717, 1.165) is 23.4 Å². The number of aromatic nitrogens is 1. The van der Waals surface area contributed by atoms with Crippen LogP contribution in [-0.2, 0) is 11.2 Å². The molecule has 32 heavy (non-hydrogen) atoms. The summed E-state index contributed by atoms with van der Waals surface area (Å²) in [4.78, 5) is 23.0. The Morgan fingerprint density at radius 2 is 1.91 bits per heavy atom. The molecule has 1 amide bonds. The topological polar surface area (TPSA) is 78.9 Å². The van der Waals surface area contributed by atoms with Crippen LogP contribution in [0.15, 0.2) is 53.7 Å². The van der Waals surface area contributed by atoms with Gasteiger partial charge in [0.1, 0.15) is 12.3 Å². The summed E-state index contributed by atoms with van der Waals surface area (Å²) in [5, 5.41) is 6.59. The van der Waals surface area contributed by atoms with Crippen molar-refractivity contribution in [3.8, 4) is 5.75 Å². The Morgan fingerprint density at radius 1 is 1.16 bits per heavy atom. The van der Waals surface area contributed by atoms with Gasteiger partial charge in [-0.2, -0.15) is 0 Å². The molecule has 2 N–H and O–H groups in total. The monoisotopic (exact) mass is 439 g/mol. The number of aliphatic imine (C=N–C) groups is 1. The van der Waals surface area contributed by atoms with Crippen molar-refractivity contribution < 1.29 is 9.53 Å². The quantitative estimate of drug-likeness (QED) is 0.414. The molecule has 1 atom stereocenters. The van der Waals surface area contributed by atoms with E-state index in [1.807, 2.05) is 49.4 Å². The van der Waals surface area contributed by atoms with Crippen LogP contribution >= 0.6 is 0 Å². The molecule has 0 saturated heterocycles. The highest BCUT2D eigenvalue weighted by Gasteiger charge is 2.11. The van der Waals surface area contributed by atoms with Crippen LogP contribution in [0, 0.1) is 5.92 Å². The lowest BCUT2D eigenvalue weighted by molar-refractivity contribution is -0.128. The molecule has 0 aliphatic rings. The van der Waals surface area contributed by atoms with Gasteiger partial charge in [0, 0.05) is 38.4 Å². The minimum absolute atomic E-state index is 0.0301. The van der Waals surface area contributed by atoms with Gasteiger partial charge in [-0.3, -0.25) is 9.78 Å². The molecule has 0 spiro atoms. The first-order chi connectivity index (χ1) is 15.4. The number of benzene rings is 1. The highest BCUT2D eigenvalue weighted by Crippen LogP contribution is 2.18. The van der Waals surface area contributed by atoms with Crippen LogP contribution in [0.4, 0.5) is 0 Å². The zero-order chi connectivity index (χ0) is 23.3. The minimum atomic E-state index is -0.0301. The summed E-state index contributed by atoms with van der Waals surface area (Å²) in [6, 6.07) is 13.9. The summed E-state index contributed by atoms with van der Waals surface area (Å²) in [5.41, 5.74) is 2.09. The maximum atomic E-state index is 12.5. The van der Waals surface area contributed by atoms with Crippen LogP contribution in [0.3, 0.4) is 0 Å². The minimum Gasteiger partial charge on any atom is -0.493 e. The fourth-order valence-electron chi connectivity index (χ4n) is 2.94. The summed E-state index contributed by atoms with van der Waals surface area (Å²) < 4.78 is 5.75. The van der Waals surface area contributed by atoms with E-state index in [1.165, 1.54) is 0 Å². The second-order valence-electron chi connectivity index (χ2n) is 8.22. The first kappa shape index (κ1) is 25.2. The molecule has 0 aliphatic heterocycles. The number of likely N-dealkylation sites (N-methyl/N-ethyl adjacent to an activating group) is 1. The van der Waals surface area contributed by atoms with Gasteiger partial charge < -0.3 is 20.3 Å². The lowest BCUT2D eigenvalue weighted by Gasteiger charge is -2.20. The van der Waals surface area contributed by atoms with E-state index in [4.69, 9.17) is 4.74 Å². The predicted molar refractivity (Wildman–Crippen MR) is 130 cm³/mol. The normalized spacial score (nSPS) is 12.4. The van der Waals surface area contributed by atoms with Gasteiger partial charge in [0.25, 0.3) is 0 Å². The Bertz CT molecular complexity index is 837. The number of carbonyl (C=O) groups excluding carboxylic acids is 1. The van der Waals surface area contributed by atoms with Crippen molar-refractivity contribution in [2.75, 3.05) is 33.3 Å². The van der Waals surface area contributed by atoms with Crippen LogP contribution in [0.25, 0.3) is 0 Å². The van der Waals surface area contributed by atoms with Crippen molar-refractivity contribution in [2.45, 2.75) is 40.2 Å². The number of guanidine groups is 1. The van der Waals surface area contributed by atoms with Crippen molar-refractivity contribution >= 4 is 11.9 Å². The van der Waals surface area contributed by atoms with Crippen LogP contribution in [0.5, 0.6) is 5.75 Å². The molecular weight excluding hydrogens is 402 g/mol. The second-order valence-corrected chi connectivity index (χ2v) is 8.22. The van der Waals surface area contributed by atoms with E-state index < -0.39 is 0 Å². The number of nitrogens with one attached hydrogen (secondary N) is 2. The molecule has 0 saturated carbocycles. The lowest BCUT2D eigenvalue weighted by atomic mass is 10.1. The Labute approximate surface area is 192 Å². The molecule has 2 aromatic rings. The summed E-state index contributed by atoms with van der Waals surface area (Å²) in [6.07, 6.45) is 2.49. The molecule has 7 heteroatoms. The number of carbonyl (C=O) groups is 1. The highest BCUT2D eigenvalue weighted by molar-refractivity contribution is 5.85. The standard InChI is InChI=1S/C25H37N5O2/c1-6-26-25(28-17-24(31)30(5)16-14-22-9-7-8-15-27-22)29-20(4)21-10-12-23(13-11-21)32-18-19(2)3/h7-13,15,19-20H,6,14,16-18H2,1-5H3,(H2,26,28,29). The Morgan fingerprint density at radius 3 is 2.53 bits per heavy atom. The molecule has 0 bridgehead atoms. The second kappa shape index (κ2) is 13.3. The molecule has 0 aliphatic carbocycles. The van der Waals surface area contributed by atoms with Gasteiger partial charge in [-0.15, -0.1) is 0 Å². The van der Waals surface area contributed by atoms with Crippen molar-refractivity contribution in [3.05, 3.63) is 59.9 Å². The summed E-state index contributed by atoms with van der Waals surface area (Å²) >= 11 is 0. The van der Waals surface area contributed by atoms with Gasteiger partial charge >= 0.3 is 0 Å². The molecule has 7 nitrogen and oxygen atoms in total. The Balaban J connectivity index is 1.88. The van der Waals surface area contributed by atoms with Crippen LogP contribution in [0.1, 0.15) is 45.0 Å². The largest absolute Gasteiger partial charge is 0.493 e. The van der Waals surface area contributed by atoms with E-state index in [0.29, 0.717) is 31.6 Å². The van der Waals surface area contributed by atoms with Crippen LogP contribution < -0.4 is 15.4 Å². The summed E-state index contributed by atoms with van der Waals surface area (Å²) in [5.74, 6) is 1.95. The average Bonchev–Trinajstić information content (AvgIpc) is 2.80. The van der Waals surface area contributed by atoms with Gasteiger partial charge in [-0.25, -0.2) is 4.99 Å². The van der Waals surface area contributed by atoms with Crippen molar-refractivity contribution in [1.82, 2.24) is 20.5 Å². The fraction of sp³-hybridized carbons (Fsp3) is 0.480. The van der Waals surface area contributed by atoms with E-state index in [9.17, 15) is 4.79 Å². The molecule has 0 fully saturated rings. The van der Waals surface area contributed by atoms with Gasteiger partial charge in [0.2, 0.25) is 5.91 Å². The van der Waals surface area contributed by atoms with Gasteiger partial charge in [-0.05, 0) is 49.6 Å². The average molecular weight is 440 g/mol. The molecule has 1 aromatic carbocycles. The van der Waals surface area contributed by atoms with Crippen molar-refractivity contribution in [2.24, 2.45) is 10.9 Å². The fourth-order valence-corrected chi connectivity index (χ4v) is 2.94. The Kier molecular flexibility index (Phi) is 10.5. The first-order valence-corrected chi connectivity index (χ1v) is 11.3. The van der Waals surface area contributed by atoms with Crippen molar-refractivity contribution in [3.63, 3.8) is 0 Å². The zero-order valence-electron chi connectivity index (χ0n) is 20.0. The molecule has 1 heterocycles. The number of rotatable bonds is 11. The third-order valence-corrected chi connectivity index (χ3v) is 4.89. The number of pyridine rings is 1. The zero-order valence-corrected chi connectivity index (χ0v) is 20.0. The van der Waals surface area contributed by atoms with Crippen molar-refractivity contribution in [1.29, 1.82) is 0 Å². The first-order valence-electron chi connectivity index (χ1n) is 11.3. The predicted octanol–water partition coefficient (Wildman–Crippen LogP) is 3.43. The third kappa shape index (κ3) is 8.96. The number of hydrogen-bond acceptors (Lipinski definition) is 4. The van der Waals surface area contributed by atoms with Gasteiger partial charge in [0.05, 0.1) is 12.6 Å². The molecule has 1 unspecified atom stereocenters. The number of ether oxygens (including phenoxy) is 1. The van der Waals surface area contributed by atoms with Crippen LogP contribution in [-0.4, -0.2) is 55.0 Å². The lowest BCUT2D eigenvalue weighted by Crippen LogP contribution is -2.40. The van der Waals surface area contributed by atoms with E-state index in [1.54, 1.807) is 18.1 Å². The summed E-state index contributed by atoms with van der Waals surface area (Å²) in [6.45, 7) is 10.4. The highest BCUT2D eigenvalue weighted by atomic mass is 16.5.